The molecule has 0 aromatic heterocycles. The fourth-order valence-corrected chi connectivity index (χ4v) is 3.02. The summed E-state index contributed by atoms with van der Waals surface area (Å²) in [4.78, 5) is 0. The van der Waals surface area contributed by atoms with Crippen molar-refractivity contribution in [3.05, 3.63) is 34.9 Å². The number of rotatable bonds is 6. The van der Waals surface area contributed by atoms with Crippen LogP contribution in [0.4, 0.5) is 0 Å². The molecule has 5 heteroatoms. The third-order valence-corrected chi connectivity index (χ3v) is 5.07. The van der Waals surface area contributed by atoms with Gasteiger partial charge in [0.05, 0.1) is 5.75 Å². The molecule has 0 aliphatic carbocycles. The van der Waals surface area contributed by atoms with Crippen molar-refractivity contribution in [2.24, 2.45) is 0 Å². The van der Waals surface area contributed by atoms with Crippen molar-refractivity contribution in [3.63, 3.8) is 0 Å². The molecular formula is C12H16Cl2O2S. The average Bonchev–Trinajstić information content (AvgIpc) is 2.30. The van der Waals surface area contributed by atoms with Crippen LogP contribution in [0, 0.1) is 0 Å². The Kier molecular flexibility index (Phi) is 5.77. The van der Waals surface area contributed by atoms with E-state index in [1.165, 1.54) is 0 Å². The molecule has 1 rings (SSSR count). The molecule has 96 valence electrons. The van der Waals surface area contributed by atoms with Crippen molar-refractivity contribution in [3.8, 4) is 0 Å². The Morgan fingerprint density at radius 3 is 2.59 bits per heavy atom. The summed E-state index contributed by atoms with van der Waals surface area (Å²) in [5.74, 6) is 0.793. The van der Waals surface area contributed by atoms with Gasteiger partial charge in [-0.25, -0.2) is 8.42 Å². The molecule has 0 saturated heterocycles. The van der Waals surface area contributed by atoms with E-state index in [4.69, 9.17) is 23.2 Å². The predicted molar refractivity (Wildman–Crippen MR) is 73.9 cm³/mol. The first-order chi connectivity index (χ1) is 7.98. The summed E-state index contributed by atoms with van der Waals surface area (Å²) in [6.45, 7) is 1.66. The first-order valence-corrected chi connectivity index (χ1v) is 8.23. The van der Waals surface area contributed by atoms with E-state index in [0.717, 1.165) is 5.56 Å². The van der Waals surface area contributed by atoms with E-state index >= 15 is 0 Å². The minimum Gasteiger partial charge on any atom is -0.229 e. The summed E-state index contributed by atoms with van der Waals surface area (Å²) in [5.41, 5.74) is 0.999. The maximum Gasteiger partial charge on any atom is 0.150 e. The Morgan fingerprint density at radius 2 is 2.06 bits per heavy atom. The van der Waals surface area contributed by atoms with Gasteiger partial charge in [0.25, 0.3) is 0 Å². The number of alkyl halides is 1. The first kappa shape index (κ1) is 14.8. The summed E-state index contributed by atoms with van der Waals surface area (Å²) >= 11 is 11.8. The van der Waals surface area contributed by atoms with Gasteiger partial charge in [-0.1, -0.05) is 30.7 Å². The quantitative estimate of drug-likeness (QED) is 0.753. The maximum atomic E-state index is 11.4. The normalized spacial score (nSPS) is 13.6. The zero-order valence-electron chi connectivity index (χ0n) is 9.70. The van der Waals surface area contributed by atoms with Crippen LogP contribution in [-0.4, -0.2) is 25.8 Å². The van der Waals surface area contributed by atoms with Crippen LogP contribution < -0.4 is 0 Å². The molecule has 1 aromatic carbocycles. The molecule has 0 aliphatic rings. The minimum absolute atomic E-state index is 0.0386. The van der Waals surface area contributed by atoms with Crippen molar-refractivity contribution < 1.29 is 8.42 Å². The molecule has 0 radical (unpaired) electrons. The topological polar surface area (TPSA) is 34.1 Å². The van der Waals surface area contributed by atoms with E-state index in [-0.39, 0.29) is 17.4 Å². The van der Waals surface area contributed by atoms with Crippen LogP contribution in [0.5, 0.6) is 0 Å². The number of halogens is 2. The Morgan fingerprint density at radius 1 is 1.35 bits per heavy atom. The van der Waals surface area contributed by atoms with Gasteiger partial charge in [-0.3, -0.25) is 0 Å². The highest BCUT2D eigenvalue weighted by Gasteiger charge is 2.15. The standard InChI is InChI=1S/C12H16Cl2O2S/c1-2-17(15,16)7-6-11(9-13)10-4-3-5-12(14)8-10/h3-5,8,11H,2,6-7,9H2,1H3. The van der Waals surface area contributed by atoms with Crippen LogP contribution in [0.2, 0.25) is 5.02 Å². The van der Waals surface area contributed by atoms with E-state index in [9.17, 15) is 8.42 Å². The molecule has 0 fully saturated rings. The molecule has 0 spiro atoms. The van der Waals surface area contributed by atoms with E-state index in [1.54, 1.807) is 13.0 Å². The number of hydrogen-bond donors (Lipinski definition) is 0. The Balaban J connectivity index is 2.73. The Labute approximate surface area is 113 Å². The number of hydrogen-bond acceptors (Lipinski definition) is 2. The van der Waals surface area contributed by atoms with E-state index in [1.807, 2.05) is 18.2 Å². The SMILES string of the molecule is CCS(=O)(=O)CCC(CCl)c1cccc(Cl)c1. The van der Waals surface area contributed by atoms with Gasteiger partial charge in [-0.15, -0.1) is 11.6 Å². The smallest absolute Gasteiger partial charge is 0.150 e. The minimum atomic E-state index is -2.93. The summed E-state index contributed by atoms with van der Waals surface area (Å²) in [6.07, 6.45) is 0.542. The average molecular weight is 295 g/mol. The van der Waals surface area contributed by atoms with E-state index in [2.05, 4.69) is 0 Å². The summed E-state index contributed by atoms with van der Waals surface area (Å²) < 4.78 is 22.9. The second-order valence-corrected chi connectivity index (χ2v) is 7.15. The zero-order valence-corrected chi connectivity index (χ0v) is 12.0. The fraction of sp³-hybridized carbons (Fsp3) is 0.500. The lowest BCUT2D eigenvalue weighted by Crippen LogP contribution is -2.13. The van der Waals surface area contributed by atoms with Crippen LogP contribution in [0.15, 0.2) is 24.3 Å². The van der Waals surface area contributed by atoms with Crippen molar-refractivity contribution in [2.75, 3.05) is 17.4 Å². The first-order valence-electron chi connectivity index (χ1n) is 5.50. The Bertz CT molecular complexity index is 457. The van der Waals surface area contributed by atoms with Crippen molar-refractivity contribution in [1.82, 2.24) is 0 Å². The zero-order chi connectivity index (χ0) is 12.9. The highest BCUT2D eigenvalue weighted by Crippen LogP contribution is 2.24. The highest BCUT2D eigenvalue weighted by molar-refractivity contribution is 7.91. The van der Waals surface area contributed by atoms with Crippen LogP contribution in [-0.2, 0) is 9.84 Å². The van der Waals surface area contributed by atoms with Crippen LogP contribution in [0.1, 0.15) is 24.8 Å². The third kappa shape index (κ3) is 4.86. The Hall–Kier alpha value is -0.250. The molecule has 0 saturated carbocycles. The van der Waals surface area contributed by atoms with Crippen LogP contribution in [0.25, 0.3) is 0 Å². The second-order valence-electron chi connectivity index (χ2n) is 3.93. The van der Waals surface area contributed by atoms with Gasteiger partial charge < -0.3 is 0 Å². The van der Waals surface area contributed by atoms with Crippen molar-refractivity contribution >= 4 is 33.0 Å². The lowest BCUT2D eigenvalue weighted by molar-refractivity contribution is 0.590. The predicted octanol–water partition coefficient (Wildman–Crippen LogP) is 3.49. The molecule has 2 nitrogen and oxygen atoms in total. The molecule has 17 heavy (non-hydrogen) atoms. The van der Waals surface area contributed by atoms with Crippen molar-refractivity contribution in [1.29, 1.82) is 0 Å². The van der Waals surface area contributed by atoms with Crippen LogP contribution in [0.3, 0.4) is 0 Å². The third-order valence-electron chi connectivity index (χ3n) is 2.72. The summed E-state index contributed by atoms with van der Waals surface area (Å²) in [5, 5.41) is 0.649. The van der Waals surface area contributed by atoms with Gasteiger partial charge in [0, 0.05) is 16.7 Å². The summed E-state index contributed by atoms with van der Waals surface area (Å²) in [7, 11) is -2.93. The van der Waals surface area contributed by atoms with E-state index in [0.29, 0.717) is 17.3 Å². The molecular weight excluding hydrogens is 279 g/mol. The lowest BCUT2D eigenvalue weighted by atomic mass is 9.99. The molecule has 1 aromatic rings. The van der Waals surface area contributed by atoms with Gasteiger partial charge in [0.2, 0.25) is 0 Å². The van der Waals surface area contributed by atoms with Gasteiger partial charge in [-0.2, -0.15) is 0 Å². The molecule has 1 atom stereocenters. The molecule has 0 aliphatic heterocycles. The second kappa shape index (κ2) is 6.62. The summed E-state index contributed by atoms with van der Waals surface area (Å²) in [6, 6.07) is 7.41. The van der Waals surface area contributed by atoms with Crippen LogP contribution >= 0.6 is 23.2 Å². The largest absolute Gasteiger partial charge is 0.229 e. The number of sulfone groups is 1. The maximum absolute atomic E-state index is 11.4. The van der Waals surface area contributed by atoms with E-state index < -0.39 is 9.84 Å². The number of benzene rings is 1. The molecule has 0 heterocycles. The molecule has 0 N–H and O–H groups in total. The van der Waals surface area contributed by atoms with Gasteiger partial charge in [0.1, 0.15) is 9.84 Å². The fourth-order valence-electron chi connectivity index (χ4n) is 1.56. The van der Waals surface area contributed by atoms with Gasteiger partial charge >= 0.3 is 0 Å². The monoisotopic (exact) mass is 294 g/mol. The molecule has 1 unspecified atom stereocenters. The van der Waals surface area contributed by atoms with Gasteiger partial charge in [-0.05, 0) is 30.0 Å². The molecule has 0 bridgehead atoms. The van der Waals surface area contributed by atoms with Crippen molar-refractivity contribution in [2.45, 2.75) is 19.3 Å². The van der Waals surface area contributed by atoms with Gasteiger partial charge in [0.15, 0.2) is 0 Å². The lowest BCUT2D eigenvalue weighted by Gasteiger charge is -2.14. The molecule has 0 amide bonds. The highest BCUT2D eigenvalue weighted by atomic mass is 35.5.